The molecule has 2 aliphatic rings. The minimum Gasteiger partial charge on any atom is -0.382 e. The Hall–Kier alpha value is -0.320. The van der Waals surface area contributed by atoms with Gasteiger partial charge in [0.15, 0.2) is 0 Å². The van der Waals surface area contributed by atoms with E-state index in [9.17, 15) is 4.79 Å². The first-order valence-corrected chi connectivity index (χ1v) is 8.26. The highest BCUT2D eigenvalue weighted by molar-refractivity contribution is 5.85. The Morgan fingerprint density at radius 3 is 2.67 bits per heavy atom. The number of halogens is 1. The Morgan fingerprint density at radius 2 is 2.10 bits per heavy atom. The number of hydrogen-bond donors (Lipinski definition) is 2. The largest absolute Gasteiger partial charge is 0.382 e. The number of hydrogen-bond acceptors (Lipinski definition) is 3. The second-order valence-corrected chi connectivity index (χ2v) is 6.64. The van der Waals surface area contributed by atoms with Crippen LogP contribution in [-0.4, -0.2) is 31.7 Å². The Bertz CT molecular complexity index is 321. The molecule has 2 rings (SSSR count). The molecule has 3 N–H and O–H groups in total. The molecule has 2 unspecified atom stereocenters. The molecule has 0 aromatic rings. The molecular weight excluding hydrogens is 288 g/mol. The molecule has 4 nitrogen and oxygen atoms in total. The third-order valence-electron chi connectivity index (χ3n) is 5.12. The lowest BCUT2D eigenvalue weighted by molar-refractivity contribution is -0.127. The zero-order valence-corrected chi connectivity index (χ0v) is 14.1. The molecule has 0 spiro atoms. The highest BCUT2D eigenvalue weighted by Crippen LogP contribution is 2.43. The van der Waals surface area contributed by atoms with Crippen LogP contribution in [0.5, 0.6) is 0 Å². The van der Waals surface area contributed by atoms with E-state index in [-0.39, 0.29) is 30.3 Å². The second-order valence-electron chi connectivity index (χ2n) is 6.64. The highest BCUT2D eigenvalue weighted by atomic mass is 35.5. The van der Waals surface area contributed by atoms with Gasteiger partial charge in [-0.25, -0.2) is 0 Å². The fourth-order valence-electron chi connectivity index (χ4n) is 3.51. The summed E-state index contributed by atoms with van der Waals surface area (Å²) in [5.41, 5.74) is 6.27. The number of nitrogens with two attached hydrogens (primary N) is 1. The molecule has 124 valence electrons. The lowest BCUT2D eigenvalue weighted by Gasteiger charge is -2.42. The lowest BCUT2D eigenvalue weighted by atomic mass is 9.66. The summed E-state index contributed by atoms with van der Waals surface area (Å²) in [7, 11) is 0. The number of nitrogens with one attached hydrogen (secondary N) is 1. The van der Waals surface area contributed by atoms with Gasteiger partial charge in [0.1, 0.15) is 0 Å². The third-order valence-corrected chi connectivity index (χ3v) is 5.12. The van der Waals surface area contributed by atoms with Crippen LogP contribution < -0.4 is 11.1 Å². The summed E-state index contributed by atoms with van der Waals surface area (Å²) in [6, 6.07) is 0.218. The van der Waals surface area contributed by atoms with Crippen molar-refractivity contribution in [2.45, 2.75) is 64.3 Å². The minimum absolute atomic E-state index is 0. The fraction of sp³-hybridized carbons (Fsp3) is 0.938. The summed E-state index contributed by atoms with van der Waals surface area (Å²) in [6.07, 6.45) is 8.84. The number of rotatable bonds is 7. The molecule has 0 heterocycles. The molecule has 0 bridgehead atoms. The van der Waals surface area contributed by atoms with Gasteiger partial charge in [-0.05, 0) is 50.9 Å². The van der Waals surface area contributed by atoms with Crippen molar-refractivity contribution in [2.75, 3.05) is 19.8 Å². The van der Waals surface area contributed by atoms with Crippen LogP contribution in [-0.2, 0) is 9.53 Å². The van der Waals surface area contributed by atoms with Crippen LogP contribution in [0.15, 0.2) is 0 Å². The van der Waals surface area contributed by atoms with Crippen molar-refractivity contribution < 1.29 is 9.53 Å². The van der Waals surface area contributed by atoms with Crippen molar-refractivity contribution >= 4 is 18.3 Å². The van der Waals surface area contributed by atoms with E-state index in [4.69, 9.17) is 10.5 Å². The van der Waals surface area contributed by atoms with Gasteiger partial charge in [0.25, 0.3) is 0 Å². The van der Waals surface area contributed by atoms with E-state index in [0.717, 1.165) is 51.9 Å². The molecule has 21 heavy (non-hydrogen) atoms. The third kappa shape index (κ3) is 5.42. The van der Waals surface area contributed by atoms with Gasteiger partial charge in [-0.1, -0.05) is 12.8 Å². The SMILES string of the molecule is CCOCCC1(CNC(=O)C2CCCC(N)C2)CCC1.Cl. The van der Waals surface area contributed by atoms with Crippen LogP contribution >= 0.6 is 12.4 Å². The first-order chi connectivity index (χ1) is 9.65. The van der Waals surface area contributed by atoms with Gasteiger partial charge in [0.2, 0.25) is 5.91 Å². The summed E-state index contributed by atoms with van der Waals surface area (Å²) < 4.78 is 5.47. The average molecular weight is 319 g/mol. The van der Waals surface area contributed by atoms with Gasteiger partial charge >= 0.3 is 0 Å². The zero-order valence-electron chi connectivity index (χ0n) is 13.2. The number of carbonyl (C=O) groups is 1. The van der Waals surface area contributed by atoms with Crippen molar-refractivity contribution in [1.82, 2.24) is 5.32 Å². The molecule has 2 aliphatic carbocycles. The second kappa shape index (κ2) is 8.96. The Balaban J connectivity index is 0.00000220. The maximum Gasteiger partial charge on any atom is 0.223 e. The van der Waals surface area contributed by atoms with Crippen LogP contribution in [0.25, 0.3) is 0 Å². The molecule has 1 amide bonds. The molecule has 0 saturated heterocycles. The normalized spacial score (nSPS) is 27.3. The molecule has 5 heteroatoms. The standard InChI is InChI=1S/C16H30N2O2.ClH/c1-2-20-10-9-16(7-4-8-16)12-18-15(19)13-5-3-6-14(17)11-13;/h13-14H,2-12,17H2,1H3,(H,18,19);1H. The highest BCUT2D eigenvalue weighted by Gasteiger charge is 2.37. The molecule has 2 fully saturated rings. The molecule has 0 aliphatic heterocycles. The van der Waals surface area contributed by atoms with Gasteiger partial charge in [-0.2, -0.15) is 0 Å². The fourth-order valence-corrected chi connectivity index (χ4v) is 3.51. The van der Waals surface area contributed by atoms with E-state index in [1.165, 1.54) is 19.3 Å². The van der Waals surface area contributed by atoms with Crippen LogP contribution in [0.2, 0.25) is 0 Å². The monoisotopic (exact) mass is 318 g/mol. The van der Waals surface area contributed by atoms with Gasteiger partial charge in [0.05, 0.1) is 0 Å². The topological polar surface area (TPSA) is 64.3 Å². The average Bonchev–Trinajstić information content (AvgIpc) is 2.40. The number of carbonyl (C=O) groups excluding carboxylic acids is 1. The smallest absolute Gasteiger partial charge is 0.223 e. The van der Waals surface area contributed by atoms with E-state index >= 15 is 0 Å². The number of ether oxygens (including phenoxy) is 1. The molecule has 0 aromatic heterocycles. The maximum atomic E-state index is 12.3. The molecule has 0 aromatic carbocycles. The van der Waals surface area contributed by atoms with Crippen molar-refractivity contribution in [3.05, 3.63) is 0 Å². The van der Waals surface area contributed by atoms with Crippen molar-refractivity contribution in [3.8, 4) is 0 Å². The van der Waals surface area contributed by atoms with E-state index < -0.39 is 0 Å². The summed E-state index contributed by atoms with van der Waals surface area (Å²) in [5.74, 6) is 0.366. The van der Waals surface area contributed by atoms with Gasteiger partial charge in [-0.15, -0.1) is 12.4 Å². The molecule has 2 saturated carbocycles. The van der Waals surface area contributed by atoms with Crippen LogP contribution in [0.3, 0.4) is 0 Å². The van der Waals surface area contributed by atoms with Crippen LogP contribution in [0.1, 0.15) is 58.3 Å². The van der Waals surface area contributed by atoms with Crippen molar-refractivity contribution in [1.29, 1.82) is 0 Å². The number of amides is 1. The van der Waals surface area contributed by atoms with Gasteiger partial charge in [-0.3, -0.25) is 4.79 Å². The first-order valence-electron chi connectivity index (χ1n) is 8.26. The predicted molar refractivity (Wildman–Crippen MR) is 87.6 cm³/mol. The summed E-state index contributed by atoms with van der Waals surface area (Å²) in [6.45, 7) is 4.45. The van der Waals surface area contributed by atoms with E-state index in [0.29, 0.717) is 5.41 Å². The van der Waals surface area contributed by atoms with E-state index in [1.807, 2.05) is 6.92 Å². The molecule has 0 radical (unpaired) electrons. The van der Waals surface area contributed by atoms with Crippen molar-refractivity contribution in [3.63, 3.8) is 0 Å². The van der Waals surface area contributed by atoms with Gasteiger partial charge < -0.3 is 15.8 Å². The van der Waals surface area contributed by atoms with Crippen LogP contribution in [0, 0.1) is 11.3 Å². The summed E-state index contributed by atoms with van der Waals surface area (Å²) in [4.78, 5) is 12.3. The summed E-state index contributed by atoms with van der Waals surface area (Å²) >= 11 is 0. The van der Waals surface area contributed by atoms with Crippen molar-refractivity contribution in [2.24, 2.45) is 17.1 Å². The van der Waals surface area contributed by atoms with Gasteiger partial charge in [0, 0.05) is 31.7 Å². The summed E-state index contributed by atoms with van der Waals surface area (Å²) in [5, 5.41) is 3.19. The zero-order chi connectivity index (χ0) is 14.4. The van der Waals surface area contributed by atoms with Crippen LogP contribution in [0.4, 0.5) is 0 Å². The minimum atomic E-state index is 0. The van der Waals surface area contributed by atoms with E-state index in [1.54, 1.807) is 0 Å². The van der Waals surface area contributed by atoms with E-state index in [2.05, 4.69) is 5.32 Å². The first kappa shape index (κ1) is 18.7. The lowest BCUT2D eigenvalue weighted by Crippen LogP contribution is -2.46. The Labute approximate surface area is 135 Å². The molecular formula is C16H31ClN2O2. The predicted octanol–water partition coefficient (Wildman–Crippen LogP) is 2.64. The molecule has 2 atom stereocenters. The quantitative estimate of drug-likeness (QED) is 0.709. The Kier molecular flexibility index (Phi) is 7.99. The maximum absolute atomic E-state index is 12.3. The Morgan fingerprint density at radius 1 is 1.33 bits per heavy atom.